The molecule has 1 rings (SSSR count). The van der Waals surface area contributed by atoms with E-state index in [1.807, 2.05) is 6.92 Å². The lowest BCUT2D eigenvalue weighted by molar-refractivity contribution is 0.157. The fourth-order valence-corrected chi connectivity index (χ4v) is 1.31. The van der Waals surface area contributed by atoms with Gasteiger partial charge in [0.1, 0.15) is 5.82 Å². The summed E-state index contributed by atoms with van der Waals surface area (Å²) in [5.41, 5.74) is 1.01. The summed E-state index contributed by atoms with van der Waals surface area (Å²) in [6.45, 7) is 7.06. The summed E-state index contributed by atoms with van der Waals surface area (Å²) in [4.78, 5) is 0. The van der Waals surface area contributed by atoms with E-state index in [1.165, 1.54) is 0 Å². The van der Waals surface area contributed by atoms with Gasteiger partial charge in [-0.1, -0.05) is 12.2 Å². The third kappa shape index (κ3) is 4.89. The SMILES string of the molecule is C=C(C)COCCNCc1cc(F)c(F)cc1F. The average molecular weight is 259 g/mol. The molecule has 0 aliphatic heterocycles. The summed E-state index contributed by atoms with van der Waals surface area (Å²) < 4.78 is 44.0. The molecule has 0 spiro atoms. The van der Waals surface area contributed by atoms with Gasteiger partial charge in [-0.3, -0.25) is 0 Å². The molecule has 1 aromatic carbocycles. The molecule has 2 nitrogen and oxygen atoms in total. The zero-order valence-corrected chi connectivity index (χ0v) is 10.2. The smallest absolute Gasteiger partial charge is 0.161 e. The van der Waals surface area contributed by atoms with Crippen LogP contribution in [0.2, 0.25) is 0 Å². The molecule has 0 atom stereocenters. The minimum Gasteiger partial charge on any atom is -0.376 e. The Morgan fingerprint density at radius 1 is 1.22 bits per heavy atom. The van der Waals surface area contributed by atoms with Crippen LogP contribution in [0.4, 0.5) is 13.2 Å². The number of halogens is 3. The van der Waals surface area contributed by atoms with E-state index in [2.05, 4.69) is 11.9 Å². The van der Waals surface area contributed by atoms with E-state index in [4.69, 9.17) is 4.74 Å². The Hall–Kier alpha value is -1.33. The number of hydrogen-bond acceptors (Lipinski definition) is 2. The van der Waals surface area contributed by atoms with Gasteiger partial charge in [0.2, 0.25) is 0 Å². The molecule has 0 bridgehead atoms. The highest BCUT2D eigenvalue weighted by Crippen LogP contribution is 2.13. The Morgan fingerprint density at radius 3 is 2.56 bits per heavy atom. The number of ether oxygens (including phenoxy) is 1. The van der Waals surface area contributed by atoms with Crippen LogP contribution in [-0.4, -0.2) is 19.8 Å². The van der Waals surface area contributed by atoms with Gasteiger partial charge >= 0.3 is 0 Å². The Kier molecular flexibility index (Phi) is 5.88. The van der Waals surface area contributed by atoms with Gasteiger partial charge in [0.05, 0.1) is 13.2 Å². The highest BCUT2D eigenvalue weighted by Gasteiger charge is 2.08. The third-order valence-electron chi connectivity index (χ3n) is 2.18. The molecule has 0 saturated carbocycles. The standard InChI is InChI=1S/C13H16F3NO/c1-9(2)8-18-4-3-17-7-10-5-12(15)13(16)6-11(10)14/h5-6,17H,1,3-4,7-8H2,2H3. The van der Waals surface area contributed by atoms with Crippen LogP contribution < -0.4 is 5.32 Å². The third-order valence-corrected chi connectivity index (χ3v) is 2.18. The number of nitrogens with one attached hydrogen (secondary N) is 1. The van der Waals surface area contributed by atoms with E-state index < -0.39 is 17.5 Å². The van der Waals surface area contributed by atoms with Crippen molar-refractivity contribution in [3.63, 3.8) is 0 Å². The molecule has 100 valence electrons. The molecular weight excluding hydrogens is 243 g/mol. The maximum atomic E-state index is 13.2. The molecule has 5 heteroatoms. The Balaban J connectivity index is 2.31. The first-order valence-corrected chi connectivity index (χ1v) is 5.57. The van der Waals surface area contributed by atoms with Crippen molar-refractivity contribution in [2.75, 3.05) is 19.8 Å². The normalized spacial score (nSPS) is 10.7. The summed E-state index contributed by atoms with van der Waals surface area (Å²) in [5, 5.41) is 2.88. The zero-order chi connectivity index (χ0) is 13.5. The second kappa shape index (κ2) is 7.18. The van der Waals surface area contributed by atoms with E-state index in [9.17, 15) is 13.2 Å². The van der Waals surface area contributed by atoms with Crippen LogP contribution in [0.15, 0.2) is 24.3 Å². The van der Waals surface area contributed by atoms with Crippen LogP contribution >= 0.6 is 0 Å². The maximum Gasteiger partial charge on any atom is 0.161 e. The fourth-order valence-electron chi connectivity index (χ4n) is 1.31. The van der Waals surface area contributed by atoms with Gasteiger partial charge in [0.25, 0.3) is 0 Å². The van der Waals surface area contributed by atoms with Crippen LogP contribution in [0.25, 0.3) is 0 Å². The van der Waals surface area contributed by atoms with Crippen LogP contribution in [-0.2, 0) is 11.3 Å². The topological polar surface area (TPSA) is 21.3 Å². The molecule has 0 amide bonds. The molecule has 0 unspecified atom stereocenters. The lowest BCUT2D eigenvalue weighted by atomic mass is 10.2. The van der Waals surface area contributed by atoms with Crippen molar-refractivity contribution in [2.24, 2.45) is 0 Å². The van der Waals surface area contributed by atoms with Gasteiger partial charge < -0.3 is 10.1 Å². The molecule has 0 aliphatic rings. The highest BCUT2D eigenvalue weighted by molar-refractivity contribution is 5.19. The maximum absolute atomic E-state index is 13.2. The van der Waals surface area contributed by atoms with Crippen molar-refractivity contribution < 1.29 is 17.9 Å². The van der Waals surface area contributed by atoms with Crippen molar-refractivity contribution in [3.8, 4) is 0 Å². The molecule has 0 heterocycles. The van der Waals surface area contributed by atoms with Gasteiger partial charge in [0, 0.05) is 24.7 Å². The Labute approximate surface area is 104 Å². The summed E-state index contributed by atoms with van der Waals surface area (Å²) in [6, 6.07) is 1.40. The molecule has 1 N–H and O–H groups in total. The number of hydrogen-bond donors (Lipinski definition) is 1. The molecule has 18 heavy (non-hydrogen) atoms. The summed E-state index contributed by atoms with van der Waals surface area (Å²) in [5.74, 6) is -2.99. The molecule has 0 aliphatic carbocycles. The highest BCUT2D eigenvalue weighted by atomic mass is 19.2. The van der Waals surface area contributed by atoms with Crippen molar-refractivity contribution in [1.29, 1.82) is 0 Å². The van der Waals surface area contributed by atoms with Crippen molar-refractivity contribution in [1.82, 2.24) is 5.32 Å². The minimum atomic E-state index is -1.18. The largest absolute Gasteiger partial charge is 0.376 e. The Bertz CT molecular complexity index is 421. The van der Waals surface area contributed by atoms with Crippen LogP contribution in [0.3, 0.4) is 0 Å². The van der Waals surface area contributed by atoms with Crippen LogP contribution in [0, 0.1) is 17.5 Å². The summed E-state index contributed by atoms with van der Waals surface area (Å²) in [6.07, 6.45) is 0. The monoisotopic (exact) mass is 259 g/mol. The van der Waals surface area contributed by atoms with Gasteiger partial charge in [-0.25, -0.2) is 13.2 Å². The number of rotatable bonds is 7. The first kappa shape index (κ1) is 14.7. The molecular formula is C13H16F3NO. The molecule has 0 saturated heterocycles. The zero-order valence-electron chi connectivity index (χ0n) is 10.2. The predicted molar refractivity (Wildman–Crippen MR) is 63.7 cm³/mol. The average Bonchev–Trinajstić information content (AvgIpc) is 2.29. The van der Waals surface area contributed by atoms with Gasteiger partial charge in [-0.15, -0.1) is 0 Å². The van der Waals surface area contributed by atoms with Crippen LogP contribution in [0.1, 0.15) is 12.5 Å². The quantitative estimate of drug-likeness (QED) is 0.462. The molecule has 0 fully saturated rings. The van der Waals surface area contributed by atoms with E-state index in [-0.39, 0.29) is 12.1 Å². The van der Waals surface area contributed by atoms with Gasteiger partial charge in [0.15, 0.2) is 11.6 Å². The number of benzene rings is 1. The first-order valence-electron chi connectivity index (χ1n) is 5.57. The van der Waals surface area contributed by atoms with Gasteiger partial charge in [-0.05, 0) is 13.0 Å². The predicted octanol–water partition coefficient (Wildman–Crippen LogP) is 2.79. The van der Waals surface area contributed by atoms with Crippen LogP contribution in [0.5, 0.6) is 0 Å². The molecule has 0 aromatic heterocycles. The van der Waals surface area contributed by atoms with E-state index in [0.29, 0.717) is 25.8 Å². The Morgan fingerprint density at radius 2 is 1.89 bits per heavy atom. The summed E-state index contributed by atoms with van der Waals surface area (Å²) >= 11 is 0. The van der Waals surface area contributed by atoms with Crippen molar-refractivity contribution in [2.45, 2.75) is 13.5 Å². The van der Waals surface area contributed by atoms with Crippen molar-refractivity contribution >= 4 is 0 Å². The van der Waals surface area contributed by atoms with E-state index in [0.717, 1.165) is 11.6 Å². The minimum absolute atomic E-state index is 0.0915. The molecule has 0 radical (unpaired) electrons. The second-order valence-corrected chi connectivity index (χ2v) is 4.04. The summed E-state index contributed by atoms with van der Waals surface area (Å²) in [7, 11) is 0. The van der Waals surface area contributed by atoms with Gasteiger partial charge in [-0.2, -0.15) is 0 Å². The molecule has 1 aromatic rings. The lowest BCUT2D eigenvalue weighted by Gasteiger charge is -2.07. The first-order chi connectivity index (χ1) is 8.50. The van der Waals surface area contributed by atoms with E-state index in [1.54, 1.807) is 0 Å². The van der Waals surface area contributed by atoms with Crippen molar-refractivity contribution in [3.05, 3.63) is 47.3 Å². The lowest BCUT2D eigenvalue weighted by Crippen LogP contribution is -2.20. The van der Waals surface area contributed by atoms with E-state index >= 15 is 0 Å². The fraction of sp³-hybridized carbons (Fsp3) is 0.385. The second-order valence-electron chi connectivity index (χ2n) is 4.04.